The summed E-state index contributed by atoms with van der Waals surface area (Å²) >= 11 is 3.25. The second-order valence-corrected chi connectivity index (χ2v) is 4.34. The first-order valence-electron chi connectivity index (χ1n) is 5.18. The maximum Gasteiger partial charge on any atom is 0.131 e. The van der Waals surface area contributed by atoms with Gasteiger partial charge in [0.05, 0.1) is 11.6 Å². The molecule has 2 aromatic carbocycles. The number of hydrogen-bond donors (Lipinski definition) is 0. The number of nitrogens with zero attached hydrogens (tertiary/aromatic N) is 1. The van der Waals surface area contributed by atoms with Gasteiger partial charge in [0.1, 0.15) is 22.9 Å². The molecule has 0 saturated carbocycles. The molecule has 0 bridgehead atoms. The van der Waals surface area contributed by atoms with Gasteiger partial charge in [-0.2, -0.15) is 0 Å². The first kappa shape index (κ1) is 12.6. The molecule has 0 heterocycles. The van der Waals surface area contributed by atoms with Gasteiger partial charge < -0.3 is 9.47 Å². The molecule has 0 aliphatic rings. The molecular weight excluding hydrogens is 298 g/mol. The number of benzene rings is 2. The van der Waals surface area contributed by atoms with Gasteiger partial charge in [0.15, 0.2) is 0 Å². The van der Waals surface area contributed by atoms with Crippen LogP contribution in [0.3, 0.4) is 0 Å². The van der Waals surface area contributed by atoms with Crippen LogP contribution in [0.1, 0.15) is 0 Å². The Morgan fingerprint density at radius 3 is 2.44 bits per heavy atom. The fourth-order valence-corrected chi connectivity index (χ4v) is 1.86. The Labute approximate surface area is 113 Å². The summed E-state index contributed by atoms with van der Waals surface area (Å²) in [4.78, 5) is 10.4. The Hall–Kier alpha value is -1.88. The lowest BCUT2D eigenvalue weighted by Gasteiger charge is -2.07. The van der Waals surface area contributed by atoms with Crippen molar-refractivity contribution >= 4 is 21.6 Å². The van der Waals surface area contributed by atoms with Crippen molar-refractivity contribution in [3.8, 4) is 17.2 Å². The molecule has 0 spiro atoms. The van der Waals surface area contributed by atoms with Crippen LogP contribution in [0.2, 0.25) is 0 Å². The van der Waals surface area contributed by atoms with Crippen LogP contribution < -0.4 is 9.47 Å². The van der Waals surface area contributed by atoms with Crippen molar-refractivity contribution in [3.63, 3.8) is 0 Å². The summed E-state index contributed by atoms with van der Waals surface area (Å²) in [6.07, 6.45) is 0. The Kier molecular flexibility index (Phi) is 3.94. The van der Waals surface area contributed by atoms with E-state index in [2.05, 4.69) is 21.1 Å². The van der Waals surface area contributed by atoms with E-state index in [1.54, 1.807) is 31.4 Å². The SMILES string of the molecule is COc1cccc(Oc2ccc(N=O)c(Br)c2)c1. The number of ether oxygens (including phenoxy) is 2. The molecule has 0 saturated heterocycles. The van der Waals surface area contributed by atoms with E-state index in [1.165, 1.54) is 0 Å². The molecule has 0 fully saturated rings. The normalized spacial score (nSPS) is 9.89. The standard InChI is InChI=1S/C13H10BrNO3/c1-17-9-3-2-4-10(7-9)18-11-5-6-13(15-16)12(14)8-11/h2-8H,1H3. The van der Waals surface area contributed by atoms with Crippen molar-refractivity contribution in [2.75, 3.05) is 7.11 Å². The molecule has 2 rings (SSSR count). The van der Waals surface area contributed by atoms with E-state index in [9.17, 15) is 4.91 Å². The second-order valence-electron chi connectivity index (χ2n) is 3.49. The number of methoxy groups -OCH3 is 1. The van der Waals surface area contributed by atoms with Crippen molar-refractivity contribution in [1.29, 1.82) is 0 Å². The quantitative estimate of drug-likeness (QED) is 0.773. The van der Waals surface area contributed by atoms with Crippen LogP contribution in [0.5, 0.6) is 17.2 Å². The van der Waals surface area contributed by atoms with E-state index < -0.39 is 0 Å². The summed E-state index contributed by atoms with van der Waals surface area (Å²) in [5.41, 5.74) is 0.341. The third-order valence-electron chi connectivity index (χ3n) is 2.29. The zero-order chi connectivity index (χ0) is 13.0. The van der Waals surface area contributed by atoms with Gasteiger partial charge in [-0.15, -0.1) is 4.91 Å². The highest BCUT2D eigenvalue weighted by atomic mass is 79.9. The fraction of sp³-hybridized carbons (Fsp3) is 0.0769. The van der Waals surface area contributed by atoms with Crippen molar-refractivity contribution in [3.05, 3.63) is 51.8 Å². The topological polar surface area (TPSA) is 47.9 Å². The van der Waals surface area contributed by atoms with Crippen LogP contribution in [-0.2, 0) is 0 Å². The molecule has 92 valence electrons. The summed E-state index contributed by atoms with van der Waals surface area (Å²) in [5.74, 6) is 1.99. The summed E-state index contributed by atoms with van der Waals surface area (Å²) in [7, 11) is 1.60. The molecule has 0 unspecified atom stereocenters. The Morgan fingerprint density at radius 1 is 1.06 bits per heavy atom. The molecular formula is C13H10BrNO3. The third-order valence-corrected chi connectivity index (χ3v) is 2.93. The molecule has 0 N–H and O–H groups in total. The van der Waals surface area contributed by atoms with Crippen LogP contribution in [0.15, 0.2) is 52.1 Å². The predicted molar refractivity (Wildman–Crippen MR) is 72.7 cm³/mol. The average molecular weight is 308 g/mol. The summed E-state index contributed by atoms with van der Waals surface area (Å²) in [6, 6.07) is 12.2. The van der Waals surface area contributed by atoms with E-state index in [0.717, 1.165) is 5.75 Å². The predicted octanol–water partition coefficient (Wildman–Crippen LogP) is 4.65. The van der Waals surface area contributed by atoms with Gasteiger partial charge >= 0.3 is 0 Å². The lowest BCUT2D eigenvalue weighted by atomic mass is 10.3. The molecule has 0 aliphatic carbocycles. The number of nitroso groups, excluding NO2 is 1. The minimum Gasteiger partial charge on any atom is -0.497 e. The van der Waals surface area contributed by atoms with E-state index in [0.29, 0.717) is 21.7 Å². The third kappa shape index (κ3) is 2.87. The molecule has 0 aliphatic heterocycles. The zero-order valence-corrected chi connectivity index (χ0v) is 11.2. The van der Waals surface area contributed by atoms with Crippen molar-refractivity contribution in [1.82, 2.24) is 0 Å². The average Bonchev–Trinajstić information content (AvgIpc) is 2.39. The highest BCUT2D eigenvalue weighted by Crippen LogP contribution is 2.32. The molecule has 0 atom stereocenters. The van der Waals surface area contributed by atoms with E-state index in [4.69, 9.17) is 9.47 Å². The van der Waals surface area contributed by atoms with Gasteiger partial charge in [0, 0.05) is 6.07 Å². The van der Waals surface area contributed by atoms with Gasteiger partial charge in [0.25, 0.3) is 0 Å². The van der Waals surface area contributed by atoms with Crippen LogP contribution in [0.4, 0.5) is 5.69 Å². The maximum absolute atomic E-state index is 10.4. The van der Waals surface area contributed by atoms with Gasteiger partial charge in [-0.25, -0.2) is 0 Å². The smallest absolute Gasteiger partial charge is 0.131 e. The number of halogens is 1. The first-order valence-corrected chi connectivity index (χ1v) is 5.97. The lowest BCUT2D eigenvalue weighted by molar-refractivity contribution is 0.409. The van der Waals surface area contributed by atoms with Crippen LogP contribution in [0, 0.1) is 4.91 Å². The van der Waals surface area contributed by atoms with E-state index in [-0.39, 0.29) is 0 Å². The molecule has 0 aromatic heterocycles. The molecule has 4 nitrogen and oxygen atoms in total. The number of rotatable bonds is 4. The Balaban J connectivity index is 2.22. The van der Waals surface area contributed by atoms with Crippen molar-refractivity contribution < 1.29 is 9.47 Å². The fourth-order valence-electron chi connectivity index (χ4n) is 1.43. The highest BCUT2D eigenvalue weighted by Gasteiger charge is 2.04. The van der Waals surface area contributed by atoms with Gasteiger partial charge in [-0.05, 0) is 51.4 Å². The van der Waals surface area contributed by atoms with Gasteiger partial charge in [-0.3, -0.25) is 0 Å². The van der Waals surface area contributed by atoms with Crippen molar-refractivity contribution in [2.45, 2.75) is 0 Å². The van der Waals surface area contributed by atoms with E-state index in [1.807, 2.05) is 18.2 Å². The Morgan fingerprint density at radius 2 is 1.78 bits per heavy atom. The second kappa shape index (κ2) is 5.64. The summed E-state index contributed by atoms with van der Waals surface area (Å²) in [6.45, 7) is 0. The van der Waals surface area contributed by atoms with Gasteiger partial charge in [0.2, 0.25) is 0 Å². The van der Waals surface area contributed by atoms with Crippen molar-refractivity contribution in [2.24, 2.45) is 5.18 Å². The summed E-state index contributed by atoms with van der Waals surface area (Å²) in [5, 5.41) is 2.87. The monoisotopic (exact) mass is 307 g/mol. The zero-order valence-electron chi connectivity index (χ0n) is 9.59. The van der Waals surface area contributed by atoms with Crippen LogP contribution >= 0.6 is 15.9 Å². The summed E-state index contributed by atoms with van der Waals surface area (Å²) < 4.78 is 11.3. The maximum atomic E-state index is 10.4. The lowest BCUT2D eigenvalue weighted by Crippen LogP contribution is -1.86. The number of hydrogen-bond acceptors (Lipinski definition) is 4. The molecule has 0 radical (unpaired) electrons. The molecule has 18 heavy (non-hydrogen) atoms. The Bertz CT molecular complexity index is 572. The molecule has 5 heteroatoms. The highest BCUT2D eigenvalue weighted by molar-refractivity contribution is 9.10. The van der Waals surface area contributed by atoms with Crippen LogP contribution in [-0.4, -0.2) is 7.11 Å². The molecule has 2 aromatic rings. The minimum atomic E-state index is 0.341. The van der Waals surface area contributed by atoms with Crippen LogP contribution in [0.25, 0.3) is 0 Å². The molecule has 0 amide bonds. The van der Waals surface area contributed by atoms with E-state index >= 15 is 0 Å². The van der Waals surface area contributed by atoms with Gasteiger partial charge in [-0.1, -0.05) is 6.07 Å². The largest absolute Gasteiger partial charge is 0.497 e. The minimum absolute atomic E-state index is 0.341. The first-order chi connectivity index (χ1) is 8.72.